The average molecular weight is 290 g/mol. The zero-order valence-corrected chi connectivity index (χ0v) is 9.15. The van der Waals surface area contributed by atoms with E-state index in [0.29, 0.717) is 0 Å². The maximum atomic E-state index is 5.75. The van der Waals surface area contributed by atoms with Crippen LogP contribution in [-0.2, 0) is 0 Å². The summed E-state index contributed by atoms with van der Waals surface area (Å²) in [6, 6.07) is 5.89. The van der Waals surface area contributed by atoms with E-state index in [1.807, 2.05) is 18.2 Å². The lowest BCUT2D eigenvalue weighted by Crippen LogP contribution is -1.87. The lowest BCUT2D eigenvalue weighted by atomic mass is 10.2. The maximum Gasteiger partial charge on any atom is 0.0869 e. The van der Waals surface area contributed by atoms with Gasteiger partial charge in [-0.15, -0.1) is 11.3 Å². The lowest BCUT2D eigenvalue weighted by molar-refractivity contribution is 1.73. The van der Waals surface area contributed by atoms with E-state index in [1.165, 1.54) is 4.70 Å². The van der Waals surface area contributed by atoms with Crippen LogP contribution in [0.5, 0.6) is 0 Å². The third kappa shape index (κ3) is 1.15. The summed E-state index contributed by atoms with van der Waals surface area (Å²) in [5.41, 5.74) is 12.3. The van der Waals surface area contributed by atoms with E-state index in [0.717, 1.165) is 19.6 Å². The Bertz CT molecular complexity index is 436. The number of hydrogen-bond donors (Lipinski definition) is 2. The Morgan fingerprint density at radius 3 is 2.75 bits per heavy atom. The van der Waals surface area contributed by atoms with Gasteiger partial charge in [0.2, 0.25) is 0 Å². The van der Waals surface area contributed by atoms with Crippen molar-refractivity contribution in [1.82, 2.24) is 0 Å². The number of benzene rings is 1. The van der Waals surface area contributed by atoms with Crippen molar-refractivity contribution >= 4 is 54.7 Å². The van der Waals surface area contributed by atoms with Crippen molar-refractivity contribution < 1.29 is 0 Å². The number of anilines is 2. The fourth-order valence-corrected chi connectivity index (χ4v) is 2.76. The highest BCUT2D eigenvalue weighted by molar-refractivity contribution is 14.1. The number of rotatable bonds is 0. The van der Waals surface area contributed by atoms with Crippen LogP contribution in [0, 0.1) is 3.57 Å². The lowest BCUT2D eigenvalue weighted by Gasteiger charge is -1.97. The molecule has 0 bridgehead atoms. The van der Waals surface area contributed by atoms with Crippen LogP contribution in [0.2, 0.25) is 0 Å². The summed E-state index contributed by atoms with van der Waals surface area (Å²) in [7, 11) is 0. The van der Waals surface area contributed by atoms with Gasteiger partial charge >= 0.3 is 0 Å². The van der Waals surface area contributed by atoms with Crippen LogP contribution in [-0.4, -0.2) is 0 Å². The third-order valence-electron chi connectivity index (χ3n) is 1.68. The molecule has 0 aliphatic rings. The second kappa shape index (κ2) is 2.77. The summed E-state index contributed by atoms with van der Waals surface area (Å²) in [6.07, 6.45) is 0. The van der Waals surface area contributed by atoms with Gasteiger partial charge in [0.05, 0.1) is 5.00 Å². The number of thiophene rings is 1. The van der Waals surface area contributed by atoms with Gasteiger partial charge in [-0.1, -0.05) is 0 Å². The molecule has 0 amide bonds. The fraction of sp³-hybridized carbons (Fsp3) is 0. The zero-order chi connectivity index (χ0) is 8.72. The third-order valence-corrected chi connectivity index (χ3v) is 3.82. The maximum absolute atomic E-state index is 5.75. The van der Waals surface area contributed by atoms with Gasteiger partial charge in [-0.2, -0.15) is 0 Å². The molecule has 4 heteroatoms. The molecule has 1 aromatic carbocycles. The average Bonchev–Trinajstić information content (AvgIpc) is 2.39. The molecule has 4 N–H and O–H groups in total. The first-order valence-electron chi connectivity index (χ1n) is 3.41. The summed E-state index contributed by atoms with van der Waals surface area (Å²) >= 11 is 3.83. The first kappa shape index (κ1) is 8.12. The molecular formula is C8H7IN2S. The Balaban J connectivity index is 2.89. The quantitative estimate of drug-likeness (QED) is 0.579. The number of fused-ring (bicyclic) bond motifs is 1. The van der Waals surface area contributed by atoms with E-state index in [2.05, 4.69) is 22.6 Å². The Morgan fingerprint density at radius 1 is 1.25 bits per heavy atom. The van der Waals surface area contributed by atoms with Gasteiger partial charge in [0.25, 0.3) is 0 Å². The second-order valence-corrected chi connectivity index (χ2v) is 4.72. The topological polar surface area (TPSA) is 52.0 Å². The Hall–Kier alpha value is -0.490. The van der Waals surface area contributed by atoms with Crippen molar-refractivity contribution in [2.75, 3.05) is 11.5 Å². The molecule has 0 aliphatic heterocycles. The van der Waals surface area contributed by atoms with Gasteiger partial charge in [-0.05, 0) is 40.8 Å². The molecular weight excluding hydrogens is 283 g/mol. The van der Waals surface area contributed by atoms with E-state index in [9.17, 15) is 0 Å². The predicted molar refractivity (Wildman–Crippen MR) is 63.4 cm³/mol. The molecule has 0 aliphatic carbocycles. The monoisotopic (exact) mass is 290 g/mol. The van der Waals surface area contributed by atoms with Crippen LogP contribution >= 0.6 is 33.9 Å². The molecule has 0 saturated carbocycles. The van der Waals surface area contributed by atoms with Crippen molar-refractivity contribution in [3.63, 3.8) is 0 Å². The molecule has 2 aromatic rings. The zero-order valence-electron chi connectivity index (χ0n) is 6.17. The number of hydrogen-bond acceptors (Lipinski definition) is 3. The van der Waals surface area contributed by atoms with Crippen molar-refractivity contribution in [3.8, 4) is 0 Å². The Kier molecular flexibility index (Phi) is 1.88. The molecule has 0 radical (unpaired) electrons. The summed E-state index contributed by atoms with van der Waals surface area (Å²) in [5.74, 6) is 0. The van der Waals surface area contributed by atoms with Crippen molar-refractivity contribution in [1.29, 1.82) is 0 Å². The Morgan fingerprint density at radius 2 is 2.00 bits per heavy atom. The SMILES string of the molecule is Nc1cc2c(I)c(N)ccc2s1. The van der Waals surface area contributed by atoms with Gasteiger partial charge < -0.3 is 11.5 Å². The molecule has 0 atom stereocenters. The highest BCUT2D eigenvalue weighted by Gasteiger charge is 2.04. The van der Waals surface area contributed by atoms with Crippen LogP contribution in [0.4, 0.5) is 10.7 Å². The molecule has 2 nitrogen and oxygen atoms in total. The van der Waals surface area contributed by atoms with Crippen molar-refractivity contribution in [2.45, 2.75) is 0 Å². The van der Waals surface area contributed by atoms with Gasteiger partial charge in [-0.3, -0.25) is 0 Å². The molecule has 1 heterocycles. The van der Waals surface area contributed by atoms with E-state index >= 15 is 0 Å². The molecule has 0 fully saturated rings. The smallest absolute Gasteiger partial charge is 0.0869 e. The van der Waals surface area contributed by atoms with E-state index < -0.39 is 0 Å². The normalized spacial score (nSPS) is 10.8. The summed E-state index contributed by atoms with van der Waals surface area (Å²) in [5, 5.41) is 2.01. The molecule has 2 rings (SSSR count). The van der Waals surface area contributed by atoms with Crippen molar-refractivity contribution in [3.05, 3.63) is 21.8 Å². The minimum absolute atomic E-state index is 0.820. The Labute approximate surface area is 87.7 Å². The number of halogens is 1. The highest BCUT2D eigenvalue weighted by atomic mass is 127. The predicted octanol–water partition coefficient (Wildman–Crippen LogP) is 2.67. The van der Waals surface area contributed by atoms with E-state index in [1.54, 1.807) is 11.3 Å². The first-order chi connectivity index (χ1) is 5.68. The molecule has 62 valence electrons. The second-order valence-electron chi connectivity index (χ2n) is 2.53. The van der Waals surface area contributed by atoms with Crippen LogP contribution in [0.3, 0.4) is 0 Å². The minimum atomic E-state index is 0.820. The number of nitrogen functional groups attached to an aromatic ring is 2. The van der Waals surface area contributed by atoms with E-state index in [-0.39, 0.29) is 0 Å². The van der Waals surface area contributed by atoms with Gasteiger partial charge in [0, 0.05) is 19.3 Å². The largest absolute Gasteiger partial charge is 0.398 e. The van der Waals surface area contributed by atoms with Gasteiger partial charge in [0.15, 0.2) is 0 Å². The van der Waals surface area contributed by atoms with Crippen LogP contribution in [0.25, 0.3) is 10.1 Å². The molecule has 0 saturated heterocycles. The standard InChI is InChI=1S/C8H7IN2S/c9-8-4-3-7(11)12-6(4)2-1-5(8)10/h1-3H,10-11H2. The summed E-state index contributed by atoms with van der Waals surface area (Å²) in [6.45, 7) is 0. The van der Waals surface area contributed by atoms with Crippen LogP contribution < -0.4 is 11.5 Å². The molecule has 12 heavy (non-hydrogen) atoms. The van der Waals surface area contributed by atoms with E-state index in [4.69, 9.17) is 11.5 Å². The summed E-state index contributed by atoms with van der Waals surface area (Å²) < 4.78 is 2.30. The van der Waals surface area contributed by atoms with Crippen molar-refractivity contribution in [2.24, 2.45) is 0 Å². The molecule has 0 spiro atoms. The summed E-state index contributed by atoms with van der Waals surface area (Å²) in [4.78, 5) is 0. The first-order valence-corrected chi connectivity index (χ1v) is 5.31. The van der Waals surface area contributed by atoms with Crippen LogP contribution in [0.1, 0.15) is 0 Å². The fourth-order valence-electron chi connectivity index (χ4n) is 1.11. The van der Waals surface area contributed by atoms with Gasteiger partial charge in [0.1, 0.15) is 0 Å². The highest BCUT2D eigenvalue weighted by Crippen LogP contribution is 2.33. The van der Waals surface area contributed by atoms with Crippen LogP contribution in [0.15, 0.2) is 18.2 Å². The van der Waals surface area contributed by atoms with Gasteiger partial charge in [-0.25, -0.2) is 0 Å². The molecule has 1 aromatic heterocycles. The molecule has 0 unspecified atom stereocenters. The minimum Gasteiger partial charge on any atom is -0.398 e. The number of nitrogens with two attached hydrogens (primary N) is 2.